The van der Waals surface area contributed by atoms with Gasteiger partial charge in [-0.05, 0) is 58.0 Å². The maximum atomic E-state index is 13.7. The van der Waals surface area contributed by atoms with Gasteiger partial charge in [0, 0.05) is 39.3 Å². The molecule has 2 fully saturated rings. The zero-order chi connectivity index (χ0) is 22.8. The molecule has 0 spiro atoms. The van der Waals surface area contributed by atoms with Gasteiger partial charge in [0.05, 0.1) is 18.8 Å². The smallest absolute Gasteiger partial charge is 0.277 e. The highest BCUT2D eigenvalue weighted by molar-refractivity contribution is 6.35. The van der Waals surface area contributed by atoms with Crippen molar-refractivity contribution in [3.8, 4) is 0 Å². The maximum absolute atomic E-state index is 13.7. The number of carbonyl (C=O) groups is 2. The van der Waals surface area contributed by atoms with Crippen LogP contribution in [0.4, 0.5) is 0 Å². The predicted octanol–water partition coefficient (Wildman–Crippen LogP) is 1.74. The number of carbonyl (C=O) groups excluding carboxylic acids is 2. The lowest BCUT2D eigenvalue weighted by atomic mass is 9.96. The Morgan fingerprint density at radius 3 is 2.34 bits per heavy atom. The molecule has 1 aromatic rings. The van der Waals surface area contributed by atoms with Crippen LogP contribution in [-0.4, -0.2) is 104 Å². The number of piperidine rings is 1. The largest absolute Gasteiger partial charge is 0.379 e. The summed E-state index contributed by atoms with van der Waals surface area (Å²) in [5.74, 6) is -0.315. The molecule has 0 unspecified atom stereocenters. The van der Waals surface area contributed by atoms with E-state index in [9.17, 15) is 9.59 Å². The summed E-state index contributed by atoms with van der Waals surface area (Å²) in [6.45, 7) is 10.3. The monoisotopic (exact) mass is 440 g/mol. The van der Waals surface area contributed by atoms with Gasteiger partial charge in [0.25, 0.3) is 11.8 Å². The van der Waals surface area contributed by atoms with E-state index < -0.39 is 0 Å². The Bertz CT molecular complexity index is 898. The maximum Gasteiger partial charge on any atom is 0.277 e. The summed E-state index contributed by atoms with van der Waals surface area (Å²) in [5, 5.41) is 0. The molecule has 7 nitrogen and oxygen atoms in total. The van der Waals surface area contributed by atoms with Gasteiger partial charge in [-0.3, -0.25) is 19.4 Å². The van der Waals surface area contributed by atoms with Crippen LogP contribution in [0.3, 0.4) is 0 Å². The minimum absolute atomic E-state index is 0.153. The van der Waals surface area contributed by atoms with Crippen LogP contribution < -0.4 is 0 Å². The molecule has 1 aromatic carbocycles. The van der Waals surface area contributed by atoms with Gasteiger partial charge >= 0.3 is 0 Å². The van der Waals surface area contributed by atoms with E-state index in [-0.39, 0.29) is 17.9 Å². The van der Waals surface area contributed by atoms with E-state index >= 15 is 0 Å². The Morgan fingerprint density at radius 1 is 1.00 bits per heavy atom. The summed E-state index contributed by atoms with van der Waals surface area (Å²) in [6.07, 6.45) is 1.98. The van der Waals surface area contributed by atoms with E-state index in [0.717, 1.165) is 55.7 Å². The molecule has 0 N–H and O–H groups in total. The third kappa shape index (κ3) is 4.60. The van der Waals surface area contributed by atoms with Gasteiger partial charge in [-0.1, -0.05) is 23.8 Å². The van der Waals surface area contributed by atoms with E-state index in [1.807, 2.05) is 33.0 Å². The molecule has 4 rings (SSSR count). The number of imide groups is 1. The molecular weight excluding hydrogens is 404 g/mol. The molecule has 0 bridgehead atoms. The molecule has 2 saturated heterocycles. The van der Waals surface area contributed by atoms with Gasteiger partial charge in [-0.2, -0.15) is 0 Å². The second kappa shape index (κ2) is 9.73. The quantitative estimate of drug-likeness (QED) is 0.628. The van der Waals surface area contributed by atoms with E-state index in [0.29, 0.717) is 37.6 Å². The Labute approximate surface area is 191 Å². The van der Waals surface area contributed by atoms with Gasteiger partial charge in [0.1, 0.15) is 5.70 Å². The minimum Gasteiger partial charge on any atom is -0.379 e. The summed E-state index contributed by atoms with van der Waals surface area (Å²) < 4.78 is 5.43. The number of likely N-dealkylation sites (tertiary alicyclic amines) is 1. The highest BCUT2D eigenvalue weighted by Gasteiger charge is 2.42. The van der Waals surface area contributed by atoms with Gasteiger partial charge in [-0.15, -0.1) is 0 Å². The SMILES string of the molecule is Cc1ccc(C2=C(N(C)C3CCN(C)CC3)C(=O)N(CCN3CCOCC3)C2=O)c(C)c1. The van der Waals surface area contributed by atoms with Crippen molar-refractivity contribution in [3.63, 3.8) is 0 Å². The summed E-state index contributed by atoms with van der Waals surface area (Å²) in [5.41, 5.74) is 4.19. The highest BCUT2D eigenvalue weighted by Crippen LogP contribution is 2.35. The van der Waals surface area contributed by atoms with Crippen molar-refractivity contribution in [2.24, 2.45) is 0 Å². The van der Waals surface area contributed by atoms with Crippen molar-refractivity contribution < 1.29 is 14.3 Å². The minimum atomic E-state index is -0.162. The first-order valence-electron chi connectivity index (χ1n) is 11.8. The van der Waals surface area contributed by atoms with Crippen molar-refractivity contribution in [1.29, 1.82) is 0 Å². The number of morpholine rings is 1. The average Bonchev–Trinajstić information content (AvgIpc) is 3.02. The third-order valence-electron chi connectivity index (χ3n) is 7.13. The number of hydrogen-bond acceptors (Lipinski definition) is 6. The first-order valence-corrected chi connectivity index (χ1v) is 11.8. The second-order valence-electron chi connectivity index (χ2n) is 9.40. The standard InChI is InChI=1S/C25H36N4O3/c1-18-5-6-21(19(2)17-18)22-23(27(4)20-7-9-26(3)10-8-20)25(31)29(24(22)30)12-11-28-13-15-32-16-14-28/h5-6,17,20H,7-16H2,1-4H3. The molecule has 0 aliphatic carbocycles. The number of nitrogens with zero attached hydrogens (tertiary/aromatic N) is 4. The van der Waals surface area contributed by atoms with Gasteiger partial charge in [-0.25, -0.2) is 0 Å². The molecule has 3 aliphatic heterocycles. The van der Waals surface area contributed by atoms with Crippen LogP contribution in [0.2, 0.25) is 0 Å². The first-order chi connectivity index (χ1) is 15.4. The van der Waals surface area contributed by atoms with E-state index in [1.165, 1.54) is 4.90 Å². The van der Waals surface area contributed by atoms with Crippen LogP contribution >= 0.6 is 0 Å². The van der Waals surface area contributed by atoms with Crippen LogP contribution in [0.25, 0.3) is 5.57 Å². The Balaban J connectivity index is 1.64. The molecule has 0 radical (unpaired) electrons. The first kappa shape index (κ1) is 23.0. The average molecular weight is 441 g/mol. The van der Waals surface area contributed by atoms with Gasteiger partial charge in [0.2, 0.25) is 0 Å². The summed E-state index contributed by atoms with van der Waals surface area (Å²) in [4.78, 5) is 35.4. The summed E-state index contributed by atoms with van der Waals surface area (Å²) >= 11 is 0. The summed E-state index contributed by atoms with van der Waals surface area (Å²) in [6, 6.07) is 6.37. The molecule has 0 saturated carbocycles. The Hall–Kier alpha value is -2.22. The lowest BCUT2D eigenvalue weighted by molar-refractivity contribution is -0.138. The molecule has 7 heteroatoms. The molecule has 174 valence electrons. The Kier molecular flexibility index (Phi) is 6.98. The summed E-state index contributed by atoms with van der Waals surface area (Å²) in [7, 11) is 4.12. The fourth-order valence-corrected chi connectivity index (χ4v) is 5.06. The second-order valence-corrected chi connectivity index (χ2v) is 9.40. The number of aryl methyl sites for hydroxylation is 2. The molecule has 0 atom stereocenters. The lowest BCUT2D eigenvalue weighted by Crippen LogP contribution is -2.45. The number of rotatable bonds is 6. The zero-order valence-electron chi connectivity index (χ0n) is 19.9. The number of likely N-dealkylation sites (N-methyl/N-ethyl adjacent to an activating group) is 1. The van der Waals surface area contributed by atoms with Crippen LogP contribution in [0.1, 0.15) is 29.5 Å². The van der Waals surface area contributed by atoms with E-state index in [1.54, 1.807) is 0 Å². The normalized spacial score (nSPS) is 21.7. The fraction of sp³-hybridized carbons (Fsp3) is 0.600. The van der Waals surface area contributed by atoms with E-state index in [4.69, 9.17) is 4.74 Å². The molecule has 0 aromatic heterocycles. The molecule has 2 amide bonds. The zero-order valence-corrected chi connectivity index (χ0v) is 19.9. The van der Waals surface area contributed by atoms with E-state index in [2.05, 4.69) is 27.8 Å². The van der Waals surface area contributed by atoms with Crippen LogP contribution in [-0.2, 0) is 14.3 Å². The lowest BCUT2D eigenvalue weighted by Gasteiger charge is -2.36. The topological polar surface area (TPSA) is 56.3 Å². The van der Waals surface area contributed by atoms with Crippen LogP contribution in [0, 0.1) is 13.8 Å². The van der Waals surface area contributed by atoms with Crippen molar-refractivity contribution in [2.75, 3.05) is 66.6 Å². The van der Waals surface area contributed by atoms with Crippen molar-refractivity contribution >= 4 is 17.4 Å². The molecule has 3 aliphatic rings. The number of ether oxygens (including phenoxy) is 1. The molecule has 3 heterocycles. The molecule has 32 heavy (non-hydrogen) atoms. The number of hydrogen-bond donors (Lipinski definition) is 0. The van der Waals surface area contributed by atoms with Crippen molar-refractivity contribution in [1.82, 2.24) is 19.6 Å². The Morgan fingerprint density at radius 2 is 1.69 bits per heavy atom. The van der Waals surface area contributed by atoms with Crippen LogP contribution in [0.15, 0.2) is 23.9 Å². The van der Waals surface area contributed by atoms with Gasteiger partial charge in [0.15, 0.2) is 0 Å². The van der Waals surface area contributed by atoms with Crippen molar-refractivity contribution in [3.05, 3.63) is 40.6 Å². The number of benzene rings is 1. The predicted molar refractivity (Wildman–Crippen MR) is 125 cm³/mol. The molecular formula is C25H36N4O3. The van der Waals surface area contributed by atoms with Crippen molar-refractivity contribution in [2.45, 2.75) is 32.7 Å². The van der Waals surface area contributed by atoms with Gasteiger partial charge < -0.3 is 14.5 Å². The number of amides is 2. The fourth-order valence-electron chi connectivity index (χ4n) is 5.06. The third-order valence-corrected chi connectivity index (χ3v) is 7.13. The van der Waals surface area contributed by atoms with Crippen LogP contribution in [0.5, 0.6) is 0 Å². The highest BCUT2D eigenvalue weighted by atomic mass is 16.5.